The van der Waals surface area contributed by atoms with Gasteiger partial charge in [0.25, 0.3) is 16.4 Å². The number of halogens is 3. The molecule has 1 aromatic heterocycles. The summed E-state index contributed by atoms with van der Waals surface area (Å²) >= 11 is 1.56. The minimum Gasteiger partial charge on any atom is -0.228 e. The van der Waals surface area contributed by atoms with Crippen LogP contribution in [0.3, 0.4) is 0 Å². The Hall–Kier alpha value is -0.350. The van der Waals surface area contributed by atoms with Gasteiger partial charge in [0.05, 0.1) is 5.56 Å². The normalized spacial score (nSPS) is 12.1. The second-order valence-electron chi connectivity index (χ2n) is 2.83. The van der Waals surface area contributed by atoms with E-state index in [0.29, 0.717) is 0 Å². The molecule has 0 saturated heterocycles. The molecule has 0 aliphatic heterocycles. The molecule has 15 heavy (non-hydrogen) atoms. The molecule has 0 unspecified atom stereocenters. The molecule has 1 heterocycles. The third kappa shape index (κ3) is 2.82. The van der Waals surface area contributed by atoms with Crippen molar-refractivity contribution in [2.75, 3.05) is 0 Å². The number of alkyl halides is 2. The summed E-state index contributed by atoms with van der Waals surface area (Å²) in [6.07, 6.45) is -2.68. The summed E-state index contributed by atoms with van der Waals surface area (Å²) in [5.74, 6) is 0. The number of nitrogens with zero attached hydrogens (tertiary/aromatic N) is 1. The van der Waals surface area contributed by atoms with Crippen molar-refractivity contribution in [3.63, 3.8) is 0 Å². The monoisotopic (exact) mass is 348 g/mol. The van der Waals surface area contributed by atoms with Crippen molar-refractivity contribution in [2.45, 2.75) is 18.4 Å². The second-order valence-corrected chi connectivity index (χ2v) is 5.36. The minimum atomic E-state index is -3.95. The highest BCUT2D eigenvalue weighted by Gasteiger charge is 2.20. The maximum Gasteiger partial charge on any atom is 0.266 e. The van der Waals surface area contributed by atoms with Gasteiger partial charge >= 0.3 is 0 Å². The van der Waals surface area contributed by atoms with Gasteiger partial charge in [-0.1, -0.05) is 0 Å². The van der Waals surface area contributed by atoms with Gasteiger partial charge in [0.15, 0.2) is 5.03 Å². The van der Waals surface area contributed by atoms with E-state index in [4.69, 9.17) is 5.14 Å². The Bertz CT molecular complexity index is 467. The van der Waals surface area contributed by atoms with Crippen LogP contribution in [0.2, 0.25) is 0 Å². The van der Waals surface area contributed by atoms with Crippen LogP contribution >= 0.6 is 22.6 Å². The lowest BCUT2D eigenvalue weighted by Gasteiger charge is -2.08. The van der Waals surface area contributed by atoms with Gasteiger partial charge in [0.2, 0.25) is 0 Å². The van der Waals surface area contributed by atoms with Crippen molar-refractivity contribution in [3.8, 4) is 0 Å². The van der Waals surface area contributed by atoms with E-state index in [-0.39, 0.29) is 14.8 Å². The van der Waals surface area contributed by atoms with Crippen molar-refractivity contribution in [1.82, 2.24) is 4.98 Å². The maximum absolute atomic E-state index is 12.5. The first kappa shape index (κ1) is 12.7. The quantitative estimate of drug-likeness (QED) is 0.652. The summed E-state index contributed by atoms with van der Waals surface area (Å²) in [6, 6.07) is 1.04. The predicted octanol–water partition coefficient (Wildman–Crippen LogP) is 1.58. The topological polar surface area (TPSA) is 73.1 Å². The number of hydrogen-bond donors (Lipinski definition) is 1. The standard InChI is InChI=1S/C7H7F2IN2O2S/c1-3-2-4(15(11,13)14)12-7(10)5(3)6(8)9/h2,6H,1H3,(H2,11,13,14). The molecule has 1 rings (SSSR count). The van der Waals surface area contributed by atoms with Gasteiger partial charge in [0, 0.05) is 0 Å². The number of aryl methyl sites for hydroxylation is 1. The van der Waals surface area contributed by atoms with Crippen LogP contribution in [0.25, 0.3) is 0 Å². The van der Waals surface area contributed by atoms with Crippen LogP contribution in [0.15, 0.2) is 11.1 Å². The lowest BCUT2D eigenvalue weighted by atomic mass is 10.2. The first-order chi connectivity index (χ1) is 6.73. The van der Waals surface area contributed by atoms with Gasteiger partial charge in [-0.25, -0.2) is 27.3 Å². The molecule has 0 amide bonds. The molecule has 0 radical (unpaired) electrons. The number of nitrogens with two attached hydrogens (primary N) is 1. The smallest absolute Gasteiger partial charge is 0.228 e. The molecule has 0 aliphatic carbocycles. The van der Waals surface area contributed by atoms with Gasteiger partial charge in [-0.3, -0.25) is 0 Å². The third-order valence-corrected chi connectivity index (χ3v) is 3.32. The Morgan fingerprint density at radius 3 is 2.40 bits per heavy atom. The molecule has 0 saturated carbocycles. The number of rotatable bonds is 2. The van der Waals surface area contributed by atoms with Crippen LogP contribution in [-0.4, -0.2) is 13.4 Å². The second kappa shape index (κ2) is 4.26. The highest BCUT2D eigenvalue weighted by atomic mass is 127. The molecule has 1 aromatic rings. The fourth-order valence-electron chi connectivity index (χ4n) is 1.02. The number of pyridine rings is 1. The van der Waals surface area contributed by atoms with Crippen molar-refractivity contribution < 1.29 is 17.2 Å². The highest BCUT2D eigenvalue weighted by molar-refractivity contribution is 14.1. The molecule has 0 bridgehead atoms. The van der Waals surface area contributed by atoms with E-state index in [9.17, 15) is 17.2 Å². The summed E-state index contributed by atoms with van der Waals surface area (Å²) in [7, 11) is -3.95. The minimum absolute atomic E-state index is 0.0494. The predicted molar refractivity (Wildman–Crippen MR) is 58.0 cm³/mol. The van der Waals surface area contributed by atoms with Gasteiger partial charge < -0.3 is 0 Å². The molecule has 0 aromatic carbocycles. The van der Waals surface area contributed by atoms with Gasteiger partial charge in [0.1, 0.15) is 3.70 Å². The van der Waals surface area contributed by atoms with Gasteiger partial charge in [-0.15, -0.1) is 0 Å². The van der Waals surface area contributed by atoms with E-state index in [1.165, 1.54) is 6.92 Å². The summed E-state index contributed by atoms with van der Waals surface area (Å²) in [5, 5.41) is 4.44. The van der Waals surface area contributed by atoms with Crippen molar-refractivity contribution in [2.24, 2.45) is 5.14 Å². The Labute approximate surface area is 99.1 Å². The Morgan fingerprint density at radius 2 is 2.07 bits per heavy atom. The van der Waals surface area contributed by atoms with E-state index >= 15 is 0 Å². The van der Waals surface area contributed by atoms with Crippen LogP contribution in [0, 0.1) is 10.6 Å². The van der Waals surface area contributed by atoms with Crippen LogP contribution in [-0.2, 0) is 10.0 Å². The van der Waals surface area contributed by atoms with Crippen LogP contribution in [0.4, 0.5) is 8.78 Å². The number of hydrogen-bond acceptors (Lipinski definition) is 3. The largest absolute Gasteiger partial charge is 0.266 e. The molecule has 0 atom stereocenters. The summed E-state index contributed by atoms with van der Waals surface area (Å²) in [6.45, 7) is 1.39. The Morgan fingerprint density at radius 1 is 1.53 bits per heavy atom. The van der Waals surface area contributed by atoms with E-state index in [1.807, 2.05) is 0 Å². The molecule has 2 N–H and O–H groups in total. The number of primary sulfonamides is 1. The summed E-state index contributed by atoms with van der Waals surface area (Å²) in [4.78, 5) is 3.52. The first-order valence-corrected chi connectivity index (χ1v) is 6.34. The fraction of sp³-hybridized carbons (Fsp3) is 0.286. The van der Waals surface area contributed by atoms with Crippen molar-refractivity contribution in [3.05, 3.63) is 20.9 Å². The van der Waals surface area contributed by atoms with E-state index in [0.717, 1.165) is 6.07 Å². The van der Waals surface area contributed by atoms with Crippen molar-refractivity contribution in [1.29, 1.82) is 0 Å². The summed E-state index contributed by atoms with van der Waals surface area (Å²) < 4.78 is 46.8. The first-order valence-electron chi connectivity index (χ1n) is 3.71. The summed E-state index contributed by atoms with van der Waals surface area (Å²) in [5.41, 5.74) is -0.101. The lowest BCUT2D eigenvalue weighted by molar-refractivity contribution is 0.149. The zero-order chi connectivity index (χ0) is 11.8. The molecule has 0 aliphatic rings. The molecule has 0 fully saturated rings. The Balaban J connectivity index is 3.45. The molecular weight excluding hydrogens is 341 g/mol. The van der Waals surface area contributed by atoms with Crippen LogP contribution in [0.1, 0.15) is 17.6 Å². The average Bonchev–Trinajstić information content (AvgIpc) is 1.99. The van der Waals surface area contributed by atoms with Gasteiger partial charge in [-0.2, -0.15) is 0 Å². The molecule has 4 nitrogen and oxygen atoms in total. The molecular formula is C7H7F2IN2O2S. The van der Waals surface area contributed by atoms with Gasteiger partial charge in [-0.05, 0) is 41.1 Å². The average molecular weight is 348 g/mol. The van der Waals surface area contributed by atoms with Crippen LogP contribution < -0.4 is 5.14 Å². The highest BCUT2D eigenvalue weighted by Crippen LogP contribution is 2.27. The number of aromatic nitrogens is 1. The number of sulfonamides is 1. The molecule has 8 heteroatoms. The van der Waals surface area contributed by atoms with Crippen LogP contribution in [0.5, 0.6) is 0 Å². The lowest BCUT2D eigenvalue weighted by Crippen LogP contribution is -2.15. The molecule has 0 spiro atoms. The SMILES string of the molecule is Cc1cc(S(N)(=O)=O)nc(I)c1C(F)F. The van der Waals surface area contributed by atoms with Crippen molar-refractivity contribution >= 4 is 32.6 Å². The van der Waals surface area contributed by atoms with E-state index in [1.54, 1.807) is 22.6 Å². The van der Waals surface area contributed by atoms with E-state index in [2.05, 4.69) is 4.98 Å². The maximum atomic E-state index is 12.5. The fourth-order valence-corrected chi connectivity index (χ4v) is 2.67. The third-order valence-electron chi connectivity index (χ3n) is 1.71. The zero-order valence-electron chi connectivity index (χ0n) is 7.54. The zero-order valence-corrected chi connectivity index (χ0v) is 10.5. The molecule has 84 valence electrons. The Kier molecular flexibility index (Phi) is 3.61. The van der Waals surface area contributed by atoms with E-state index < -0.39 is 21.5 Å².